The third-order valence-corrected chi connectivity index (χ3v) is 4.24. The minimum Gasteiger partial charge on any atom is -0.503 e. The van der Waals surface area contributed by atoms with Gasteiger partial charge in [0.05, 0.1) is 19.3 Å². The molecule has 6 nitrogen and oxygen atoms in total. The van der Waals surface area contributed by atoms with Gasteiger partial charge in [-0.05, 0) is 43.7 Å². The molecule has 0 aliphatic heterocycles. The molecule has 0 amide bonds. The number of phenolic OH excluding ortho intramolecular Hbond substituents is 1. The molecule has 158 valence electrons. The highest BCUT2D eigenvalue weighted by Gasteiger charge is 2.20. The van der Waals surface area contributed by atoms with E-state index < -0.39 is 23.6 Å². The van der Waals surface area contributed by atoms with E-state index in [9.17, 15) is 19.4 Å². The van der Waals surface area contributed by atoms with Crippen molar-refractivity contribution >= 4 is 17.6 Å². The molecule has 0 aliphatic rings. The van der Waals surface area contributed by atoms with Crippen molar-refractivity contribution in [2.75, 3.05) is 13.2 Å². The van der Waals surface area contributed by atoms with E-state index >= 15 is 0 Å². The summed E-state index contributed by atoms with van der Waals surface area (Å²) in [6.45, 7) is 4.15. The van der Waals surface area contributed by atoms with E-state index in [1.54, 1.807) is 32.0 Å². The van der Waals surface area contributed by atoms with E-state index in [2.05, 4.69) is 0 Å². The molecule has 0 saturated heterocycles. The van der Waals surface area contributed by atoms with Crippen LogP contribution < -0.4 is 9.47 Å². The van der Waals surface area contributed by atoms with Crippen molar-refractivity contribution in [1.29, 1.82) is 0 Å². The summed E-state index contributed by atoms with van der Waals surface area (Å²) in [5.74, 6) is -1.46. The molecule has 2 rings (SSSR count). The SMILES string of the molecule is CC(C)OC(Cc1cccc(OCCCOc2ccc(F)c(Cl)c2O)c1)C(=O)O. The molecule has 2 N–H and O–H groups in total. The zero-order valence-electron chi connectivity index (χ0n) is 16.2. The molecule has 2 aromatic carbocycles. The number of carboxylic acid groups (broad SMARTS) is 1. The van der Waals surface area contributed by atoms with E-state index in [0.29, 0.717) is 18.8 Å². The van der Waals surface area contributed by atoms with Gasteiger partial charge in [-0.15, -0.1) is 0 Å². The van der Waals surface area contributed by atoms with Gasteiger partial charge in [0.15, 0.2) is 17.6 Å². The maximum Gasteiger partial charge on any atom is 0.333 e. The van der Waals surface area contributed by atoms with Gasteiger partial charge in [0.1, 0.15) is 16.6 Å². The minimum absolute atomic E-state index is 0.100. The number of hydrogen-bond donors (Lipinski definition) is 2. The molecule has 29 heavy (non-hydrogen) atoms. The fourth-order valence-corrected chi connectivity index (χ4v) is 2.72. The zero-order chi connectivity index (χ0) is 21.4. The van der Waals surface area contributed by atoms with E-state index in [-0.39, 0.29) is 29.9 Å². The lowest BCUT2D eigenvalue weighted by molar-refractivity contribution is -0.153. The summed E-state index contributed by atoms with van der Waals surface area (Å²) < 4.78 is 29.7. The molecule has 0 fully saturated rings. The monoisotopic (exact) mass is 426 g/mol. The van der Waals surface area contributed by atoms with Gasteiger partial charge in [-0.3, -0.25) is 0 Å². The predicted molar refractivity (Wildman–Crippen MR) is 106 cm³/mol. The fraction of sp³-hybridized carbons (Fsp3) is 0.381. The van der Waals surface area contributed by atoms with Gasteiger partial charge < -0.3 is 24.4 Å². The normalized spacial score (nSPS) is 12.0. The largest absolute Gasteiger partial charge is 0.503 e. The molecule has 0 heterocycles. The van der Waals surface area contributed by atoms with Crippen LogP contribution in [-0.4, -0.2) is 41.6 Å². The van der Waals surface area contributed by atoms with Crippen molar-refractivity contribution in [2.24, 2.45) is 0 Å². The molecule has 0 bridgehead atoms. The number of carboxylic acids is 1. The van der Waals surface area contributed by atoms with Gasteiger partial charge >= 0.3 is 5.97 Å². The molecule has 1 atom stereocenters. The Kier molecular flexibility index (Phi) is 8.54. The molecule has 0 spiro atoms. The minimum atomic E-state index is -1.01. The van der Waals surface area contributed by atoms with Crippen LogP contribution >= 0.6 is 11.6 Å². The smallest absolute Gasteiger partial charge is 0.333 e. The van der Waals surface area contributed by atoms with Crippen LogP contribution in [0.25, 0.3) is 0 Å². The first-order valence-corrected chi connectivity index (χ1v) is 9.55. The van der Waals surface area contributed by atoms with Crippen LogP contribution in [-0.2, 0) is 16.0 Å². The zero-order valence-corrected chi connectivity index (χ0v) is 17.0. The van der Waals surface area contributed by atoms with E-state index in [1.807, 2.05) is 6.07 Å². The summed E-state index contributed by atoms with van der Waals surface area (Å²) in [7, 11) is 0. The predicted octanol–water partition coefficient (Wildman–Crippen LogP) is 4.45. The number of rotatable bonds is 11. The maximum absolute atomic E-state index is 13.2. The van der Waals surface area contributed by atoms with Crippen LogP contribution in [0.1, 0.15) is 25.8 Å². The number of hydrogen-bond acceptors (Lipinski definition) is 5. The van der Waals surface area contributed by atoms with Gasteiger partial charge in [0, 0.05) is 12.8 Å². The van der Waals surface area contributed by atoms with E-state index in [0.717, 1.165) is 11.6 Å². The molecular formula is C21H24ClFO6. The molecule has 0 saturated carbocycles. The van der Waals surface area contributed by atoms with Crippen molar-refractivity contribution in [3.8, 4) is 17.2 Å². The maximum atomic E-state index is 13.2. The lowest BCUT2D eigenvalue weighted by atomic mass is 10.1. The van der Waals surface area contributed by atoms with Gasteiger partial charge in [0.2, 0.25) is 0 Å². The lowest BCUT2D eigenvalue weighted by Crippen LogP contribution is -2.29. The van der Waals surface area contributed by atoms with Crippen LogP contribution in [0.4, 0.5) is 4.39 Å². The van der Waals surface area contributed by atoms with Crippen LogP contribution in [0.15, 0.2) is 36.4 Å². The standard InChI is InChI=1S/C21H24ClFO6/c1-13(2)29-18(21(25)26)12-14-5-3-6-15(11-14)27-9-4-10-28-17-8-7-16(23)19(22)20(17)24/h3,5-8,11,13,18,24H,4,9-10,12H2,1-2H3,(H,25,26). The summed E-state index contributed by atoms with van der Waals surface area (Å²) in [5, 5.41) is 18.6. The quantitative estimate of drug-likeness (QED) is 0.516. The Morgan fingerprint density at radius 2 is 1.90 bits per heavy atom. The second-order valence-corrected chi connectivity index (χ2v) is 7.00. The molecule has 0 aliphatic carbocycles. The van der Waals surface area contributed by atoms with Gasteiger partial charge in [-0.1, -0.05) is 23.7 Å². The molecule has 2 aromatic rings. The number of halogens is 2. The number of aromatic hydroxyl groups is 1. The van der Waals surface area contributed by atoms with E-state index in [4.69, 9.17) is 25.8 Å². The summed E-state index contributed by atoms with van der Waals surface area (Å²) in [4.78, 5) is 11.3. The topological polar surface area (TPSA) is 85.2 Å². The Labute approximate surface area is 173 Å². The number of aliphatic carboxylic acids is 1. The average Bonchev–Trinajstić information content (AvgIpc) is 2.67. The first-order chi connectivity index (χ1) is 13.8. The van der Waals surface area contributed by atoms with Crippen molar-refractivity contribution in [2.45, 2.75) is 38.9 Å². The number of carbonyl (C=O) groups is 1. The van der Waals surface area contributed by atoms with Crippen molar-refractivity contribution in [3.05, 3.63) is 52.8 Å². The Morgan fingerprint density at radius 3 is 2.59 bits per heavy atom. The average molecular weight is 427 g/mol. The third kappa shape index (κ3) is 7.11. The van der Waals surface area contributed by atoms with Crippen LogP contribution in [0.5, 0.6) is 17.2 Å². The van der Waals surface area contributed by atoms with Crippen LogP contribution in [0.3, 0.4) is 0 Å². The van der Waals surface area contributed by atoms with Gasteiger partial charge in [0.25, 0.3) is 0 Å². The summed E-state index contributed by atoms with van der Waals surface area (Å²) in [6.07, 6.45) is -0.370. The van der Waals surface area contributed by atoms with Crippen molar-refractivity contribution in [3.63, 3.8) is 0 Å². The highest BCUT2D eigenvalue weighted by Crippen LogP contribution is 2.35. The van der Waals surface area contributed by atoms with E-state index in [1.165, 1.54) is 6.07 Å². The van der Waals surface area contributed by atoms with Crippen molar-refractivity contribution in [1.82, 2.24) is 0 Å². The Bertz CT molecular complexity index is 827. The van der Waals surface area contributed by atoms with Crippen LogP contribution in [0.2, 0.25) is 5.02 Å². The Morgan fingerprint density at radius 1 is 1.17 bits per heavy atom. The van der Waals surface area contributed by atoms with Gasteiger partial charge in [-0.25, -0.2) is 9.18 Å². The molecule has 8 heteroatoms. The summed E-state index contributed by atoms with van der Waals surface area (Å²) >= 11 is 5.63. The summed E-state index contributed by atoms with van der Waals surface area (Å²) in [5.41, 5.74) is 0.790. The highest BCUT2D eigenvalue weighted by atomic mass is 35.5. The Hall–Kier alpha value is -2.51. The third-order valence-electron chi connectivity index (χ3n) is 3.88. The van der Waals surface area contributed by atoms with Crippen molar-refractivity contribution < 1.29 is 33.6 Å². The van der Waals surface area contributed by atoms with Gasteiger partial charge in [-0.2, -0.15) is 0 Å². The fourth-order valence-electron chi connectivity index (χ4n) is 2.57. The second kappa shape index (κ2) is 10.9. The molecule has 1 unspecified atom stereocenters. The first kappa shape index (κ1) is 22.8. The second-order valence-electron chi connectivity index (χ2n) is 6.62. The molecular weight excluding hydrogens is 403 g/mol. The molecule has 0 radical (unpaired) electrons. The number of benzene rings is 2. The first-order valence-electron chi connectivity index (χ1n) is 9.17. The van der Waals surface area contributed by atoms with Crippen LogP contribution in [0, 0.1) is 5.82 Å². The number of ether oxygens (including phenoxy) is 3. The highest BCUT2D eigenvalue weighted by molar-refractivity contribution is 6.32. The molecule has 0 aromatic heterocycles. The summed E-state index contributed by atoms with van der Waals surface area (Å²) in [6, 6.07) is 9.57. The lowest BCUT2D eigenvalue weighted by Gasteiger charge is -2.17. The number of phenols is 1. The Balaban J connectivity index is 1.82.